The van der Waals surface area contributed by atoms with Crippen LogP contribution in [-0.4, -0.2) is 24.0 Å². The molecule has 0 atom stereocenters. The second kappa shape index (κ2) is 4.85. The molecule has 1 aromatic carbocycles. The van der Waals surface area contributed by atoms with Gasteiger partial charge >= 0.3 is 0 Å². The summed E-state index contributed by atoms with van der Waals surface area (Å²) in [6.07, 6.45) is 1.47. The number of anilines is 1. The topological polar surface area (TPSA) is 62.4 Å². The number of fused-ring (bicyclic) bond motifs is 1. The van der Waals surface area contributed by atoms with Gasteiger partial charge in [0, 0.05) is 12.3 Å². The van der Waals surface area contributed by atoms with Crippen molar-refractivity contribution in [3.05, 3.63) is 58.0 Å². The molecule has 20 heavy (non-hydrogen) atoms. The minimum atomic E-state index is -0.207. The van der Waals surface area contributed by atoms with Crippen LogP contribution in [0, 0.1) is 6.92 Å². The van der Waals surface area contributed by atoms with Gasteiger partial charge in [-0.15, -0.1) is 0 Å². The SMILES string of the molecule is Cc1cc(=O)[nH]cc1C(=O)N1CCOc2ccccc21. The van der Waals surface area contributed by atoms with Crippen LogP contribution in [0.4, 0.5) is 5.69 Å². The maximum Gasteiger partial charge on any atom is 0.260 e. The van der Waals surface area contributed by atoms with E-state index < -0.39 is 0 Å². The molecule has 5 heteroatoms. The predicted octanol–water partition coefficient (Wildman–Crippen LogP) is 1.72. The van der Waals surface area contributed by atoms with Crippen LogP contribution in [0.2, 0.25) is 0 Å². The van der Waals surface area contributed by atoms with Crippen LogP contribution in [-0.2, 0) is 0 Å². The Morgan fingerprint density at radius 2 is 2.15 bits per heavy atom. The highest BCUT2D eigenvalue weighted by atomic mass is 16.5. The number of nitrogens with one attached hydrogen (secondary N) is 1. The number of aromatic nitrogens is 1. The zero-order chi connectivity index (χ0) is 14.1. The Morgan fingerprint density at radius 1 is 1.35 bits per heavy atom. The van der Waals surface area contributed by atoms with Crippen molar-refractivity contribution >= 4 is 11.6 Å². The highest BCUT2D eigenvalue weighted by Gasteiger charge is 2.25. The second-order valence-electron chi connectivity index (χ2n) is 4.67. The van der Waals surface area contributed by atoms with Crippen molar-refractivity contribution in [3.63, 3.8) is 0 Å². The van der Waals surface area contributed by atoms with E-state index >= 15 is 0 Å². The summed E-state index contributed by atoms with van der Waals surface area (Å²) < 4.78 is 5.54. The van der Waals surface area contributed by atoms with Crippen LogP contribution in [0.25, 0.3) is 0 Å². The highest BCUT2D eigenvalue weighted by molar-refractivity contribution is 6.07. The van der Waals surface area contributed by atoms with Gasteiger partial charge in [0.25, 0.3) is 5.91 Å². The fourth-order valence-corrected chi connectivity index (χ4v) is 2.33. The van der Waals surface area contributed by atoms with Crippen LogP contribution < -0.4 is 15.2 Å². The van der Waals surface area contributed by atoms with Crippen molar-refractivity contribution in [1.29, 1.82) is 0 Å². The first-order chi connectivity index (χ1) is 9.66. The summed E-state index contributed by atoms with van der Waals surface area (Å²) in [5.41, 5.74) is 1.72. The molecule has 0 spiro atoms. The molecule has 0 aliphatic carbocycles. The van der Waals surface area contributed by atoms with Crippen molar-refractivity contribution in [1.82, 2.24) is 4.98 Å². The van der Waals surface area contributed by atoms with E-state index in [1.54, 1.807) is 11.8 Å². The van der Waals surface area contributed by atoms with E-state index in [0.717, 1.165) is 5.69 Å². The van der Waals surface area contributed by atoms with E-state index in [1.165, 1.54) is 12.3 Å². The number of aromatic amines is 1. The number of benzene rings is 1. The van der Waals surface area contributed by atoms with Crippen molar-refractivity contribution in [2.45, 2.75) is 6.92 Å². The molecule has 102 valence electrons. The third-order valence-corrected chi connectivity index (χ3v) is 3.34. The molecule has 0 unspecified atom stereocenters. The van der Waals surface area contributed by atoms with E-state index in [2.05, 4.69) is 4.98 Å². The Balaban J connectivity index is 2.02. The molecule has 0 saturated carbocycles. The Labute approximate surface area is 115 Å². The molecule has 5 nitrogen and oxygen atoms in total. The van der Waals surface area contributed by atoms with Crippen LogP contribution in [0.5, 0.6) is 5.75 Å². The summed E-state index contributed by atoms with van der Waals surface area (Å²) in [4.78, 5) is 28.1. The molecule has 0 radical (unpaired) electrons. The molecule has 1 aromatic heterocycles. The maximum atomic E-state index is 12.6. The van der Waals surface area contributed by atoms with Gasteiger partial charge < -0.3 is 14.6 Å². The van der Waals surface area contributed by atoms with Crippen molar-refractivity contribution in [2.24, 2.45) is 0 Å². The molecule has 0 bridgehead atoms. The lowest BCUT2D eigenvalue weighted by atomic mass is 10.1. The molecule has 0 saturated heterocycles. The number of ether oxygens (including phenoxy) is 1. The van der Waals surface area contributed by atoms with Crippen molar-refractivity contribution < 1.29 is 9.53 Å². The summed E-state index contributed by atoms with van der Waals surface area (Å²) in [6, 6.07) is 8.87. The molecule has 1 aliphatic heterocycles. The average molecular weight is 270 g/mol. The standard InChI is InChI=1S/C15H14N2O3/c1-10-8-14(18)16-9-11(10)15(19)17-6-7-20-13-5-3-2-4-12(13)17/h2-5,8-9H,6-7H2,1H3,(H,16,18). The molecule has 1 amide bonds. The lowest BCUT2D eigenvalue weighted by Crippen LogP contribution is -2.38. The van der Waals surface area contributed by atoms with Gasteiger partial charge in [0.2, 0.25) is 5.56 Å². The van der Waals surface area contributed by atoms with Gasteiger partial charge in [-0.2, -0.15) is 0 Å². The summed E-state index contributed by atoms with van der Waals surface area (Å²) in [5.74, 6) is 0.573. The fourth-order valence-electron chi connectivity index (χ4n) is 2.33. The number of rotatable bonds is 1. The number of carbonyl (C=O) groups is 1. The number of aryl methyl sites for hydroxylation is 1. The molecule has 1 aliphatic rings. The smallest absolute Gasteiger partial charge is 0.260 e. The zero-order valence-corrected chi connectivity index (χ0v) is 11.1. The first-order valence-corrected chi connectivity index (χ1v) is 6.40. The Morgan fingerprint density at radius 3 is 2.95 bits per heavy atom. The number of hydrogen-bond acceptors (Lipinski definition) is 3. The third kappa shape index (κ3) is 2.07. The van der Waals surface area contributed by atoms with Gasteiger partial charge in [0.05, 0.1) is 17.8 Å². The van der Waals surface area contributed by atoms with Crippen LogP contribution in [0.1, 0.15) is 15.9 Å². The lowest BCUT2D eigenvalue weighted by molar-refractivity contribution is 0.0975. The number of amides is 1. The van der Waals surface area contributed by atoms with E-state index in [-0.39, 0.29) is 11.5 Å². The van der Waals surface area contributed by atoms with Gasteiger partial charge in [-0.25, -0.2) is 0 Å². The zero-order valence-electron chi connectivity index (χ0n) is 11.1. The van der Waals surface area contributed by atoms with Gasteiger partial charge in [0.15, 0.2) is 0 Å². The van der Waals surface area contributed by atoms with E-state index in [0.29, 0.717) is 30.0 Å². The molecule has 1 N–H and O–H groups in total. The molecule has 3 rings (SSSR count). The quantitative estimate of drug-likeness (QED) is 0.858. The molecule has 0 fully saturated rings. The van der Waals surface area contributed by atoms with E-state index in [4.69, 9.17) is 4.74 Å². The van der Waals surface area contributed by atoms with Gasteiger partial charge in [-0.3, -0.25) is 9.59 Å². The first kappa shape index (κ1) is 12.5. The molecule has 2 heterocycles. The van der Waals surface area contributed by atoms with Gasteiger partial charge in [-0.05, 0) is 24.6 Å². The average Bonchev–Trinajstić information content (AvgIpc) is 2.46. The maximum absolute atomic E-state index is 12.6. The van der Waals surface area contributed by atoms with Gasteiger partial charge in [0.1, 0.15) is 12.4 Å². The lowest BCUT2D eigenvalue weighted by Gasteiger charge is -2.29. The monoisotopic (exact) mass is 270 g/mol. The number of carbonyl (C=O) groups excluding carboxylic acids is 1. The molecular formula is C15H14N2O3. The van der Waals surface area contributed by atoms with Crippen LogP contribution >= 0.6 is 0 Å². The summed E-state index contributed by atoms with van der Waals surface area (Å²) in [5, 5.41) is 0. The highest BCUT2D eigenvalue weighted by Crippen LogP contribution is 2.32. The van der Waals surface area contributed by atoms with Gasteiger partial charge in [-0.1, -0.05) is 12.1 Å². The minimum Gasteiger partial charge on any atom is -0.490 e. The minimum absolute atomic E-state index is 0.130. The second-order valence-corrected chi connectivity index (χ2v) is 4.67. The number of para-hydroxylation sites is 2. The molecular weight excluding hydrogens is 256 g/mol. The van der Waals surface area contributed by atoms with Crippen LogP contribution in [0.3, 0.4) is 0 Å². The summed E-state index contributed by atoms with van der Waals surface area (Å²) in [6.45, 7) is 2.72. The predicted molar refractivity (Wildman–Crippen MR) is 75.4 cm³/mol. The Kier molecular flexibility index (Phi) is 3.02. The summed E-state index contributed by atoms with van der Waals surface area (Å²) in [7, 11) is 0. The van der Waals surface area contributed by atoms with Crippen molar-refractivity contribution in [2.75, 3.05) is 18.1 Å². The Bertz CT molecular complexity index is 721. The van der Waals surface area contributed by atoms with E-state index in [1.807, 2.05) is 24.3 Å². The van der Waals surface area contributed by atoms with Crippen molar-refractivity contribution in [3.8, 4) is 5.75 Å². The molecule has 2 aromatic rings. The number of pyridine rings is 1. The first-order valence-electron chi connectivity index (χ1n) is 6.40. The van der Waals surface area contributed by atoms with Crippen LogP contribution in [0.15, 0.2) is 41.3 Å². The largest absolute Gasteiger partial charge is 0.490 e. The van der Waals surface area contributed by atoms with E-state index in [9.17, 15) is 9.59 Å². The fraction of sp³-hybridized carbons (Fsp3) is 0.200. The number of nitrogens with zero attached hydrogens (tertiary/aromatic N) is 1. The summed E-state index contributed by atoms with van der Waals surface area (Å²) >= 11 is 0. The number of H-pyrrole nitrogens is 1. The Hall–Kier alpha value is -2.56. The number of hydrogen-bond donors (Lipinski definition) is 1. The normalized spacial score (nSPS) is 13.6. The third-order valence-electron chi connectivity index (χ3n) is 3.34.